The van der Waals surface area contributed by atoms with E-state index >= 15 is 0 Å². The van der Waals surface area contributed by atoms with Crippen molar-refractivity contribution >= 4 is 27.5 Å². The molecule has 0 saturated heterocycles. The van der Waals surface area contributed by atoms with Crippen LogP contribution in [0.15, 0.2) is 23.1 Å². The molecule has 0 bridgehead atoms. The van der Waals surface area contributed by atoms with Gasteiger partial charge in [-0.1, -0.05) is 25.4 Å². The number of nitrogens with zero attached hydrogens (tertiary/aromatic N) is 1. The summed E-state index contributed by atoms with van der Waals surface area (Å²) in [5.74, 6) is -0.0242. The molecule has 27 heavy (non-hydrogen) atoms. The van der Waals surface area contributed by atoms with Gasteiger partial charge in [-0.25, -0.2) is 8.42 Å². The van der Waals surface area contributed by atoms with Crippen molar-refractivity contribution in [3.63, 3.8) is 0 Å². The van der Waals surface area contributed by atoms with Gasteiger partial charge in [-0.15, -0.1) is 0 Å². The highest BCUT2D eigenvalue weighted by molar-refractivity contribution is 7.89. The largest absolute Gasteiger partial charge is 0.482 e. The van der Waals surface area contributed by atoms with Gasteiger partial charge in [0.05, 0.1) is 16.0 Å². The Bertz CT molecular complexity index is 706. The standard InChI is InChI=1S/C18H29ClN2O5S/c1-5-21(6-2)27(23,24)15-8-9-17(16(19)12-15)26-13-18(22)20-10-7-11-25-14(3)4/h8-9,12,14H,5-7,10-11,13H2,1-4H3,(H,20,22). The number of hydrogen-bond acceptors (Lipinski definition) is 5. The summed E-state index contributed by atoms with van der Waals surface area (Å²) in [5.41, 5.74) is 0. The van der Waals surface area contributed by atoms with Crippen LogP contribution in [0.2, 0.25) is 5.02 Å². The van der Waals surface area contributed by atoms with E-state index in [9.17, 15) is 13.2 Å². The van der Waals surface area contributed by atoms with Crippen molar-refractivity contribution in [2.24, 2.45) is 0 Å². The Balaban J connectivity index is 2.57. The van der Waals surface area contributed by atoms with Crippen LogP contribution in [0.3, 0.4) is 0 Å². The number of benzene rings is 1. The van der Waals surface area contributed by atoms with Gasteiger partial charge < -0.3 is 14.8 Å². The van der Waals surface area contributed by atoms with E-state index < -0.39 is 10.0 Å². The number of nitrogens with one attached hydrogen (secondary N) is 1. The SMILES string of the molecule is CCN(CC)S(=O)(=O)c1ccc(OCC(=O)NCCCOC(C)C)c(Cl)c1. The second-order valence-electron chi connectivity index (χ2n) is 6.09. The van der Waals surface area contributed by atoms with E-state index in [0.29, 0.717) is 32.7 Å². The highest BCUT2D eigenvalue weighted by atomic mass is 35.5. The molecule has 1 aromatic carbocycles. The maximum absolute atomic E-state index is 12.5. The van der Waals surface area contributed by atoms with Gasteiger partial charge in [0.25, 0.3) is 5.91 Å². The maximum atomic E-state index is 12.5. The molecule has 0 radical (unpaired) electrons. The van der Waals surface area contributed by atoms with E-state index in [-0.39, 0.29) is 34.3 Å². The van der Waals surface area contributed by atoms with E-state index in [1.807, 2.05) is 13.8 Å². The lowest BCUT2D eigenvalue weighted by molar-refractivity contribution is -0.123. The van der Waals surface area contributed by atoms with Gasteiger partial charge >= 0.3 is 0 Å². The van der Waals surface area contributed by atoms with Gasteiger partial charge in [0.1, 0.15) is 5.75 Å². The first-order valence-corrected chi connectivity index (χ1v) is 10.8. The zero-order chi connectivity index (χ0) is 20.4. The molecule has 0 aliphatic heterocycles. The molecular formula is C18H29ClN2O5S. The Morgan fingerprint density at radius 3 is 2.48 bits per heavy atom. The van der Waals surface area contributed by atoms with Crippen LogP contribution < -0.4 is 10.1 Å². The first-order valence-electron chi connectivity index (χ1n) is 9.03. The van der Waals surface area contributed by atoms with Gasteiger partial charge in [0, 0.05) is 26.2 Å². The van der Waals surface area contributed by atoms with Crippen LogP contribution in [-0.4, -0.2) is 57.6 Å². The van der Waals surface area contributed by atoms with E-state index in [1.165, 1.54) is 22.5 Å². The molecular weight excluding hydrogens is 392 g/mol. The summed E-state index contributed by atoms with van der Waals surface area (Å²) in [5, 5.41) is 2.86. The van der Waals surface area contributed by atoms with Crippen molar-refractivity contribution in [2.45, 2.75) is 45.1 Å². The molecule has 0 fully saturated rings. The highest BCUT2D eigenvalue weighted by Gasteiger charge is 2.22. The number of ether oxygens (including phenoxy) is 2. The number of rotatable bonds is 12. The lowest BCUT2D eigenvalue weighted by Gasteiger charge is -2.19. The highest BCUT2D eigenvalue weighted by Crippen LogP contribution is 2.28. The summed E-state index contributed by atoms with van der Waals surface area (Å²) in [6, 6.07) is 4.23. The topological polar surface area (TPSA) is 84.9 Å². The van der Waals surface area contributed by atoms with Crippen molar-refractivity contribution in [2.75, 3.05) is 32.8 Å². The predicted molar refractivity (Wildman–Crippen MR) is 106 cm³/mol. The lowest BCUT2D eigenvalue weighted by Crippen LogP contribution is -2.31. The minimum atomic E-state index is -3.59. The van der Waals surface area contributed by atoms with Crippen molar-refractivity contribution < 1.29 is 22.7 Å². The molecule has 0 saturated carbocycles. The summed E-state index contributed by atoms with van der Waals surface area (Å²) < 4.78 is 37.1. The summed E-state index contributed by atoms with van der Waals surface area (Å²) in [4.78, 5) is 11.9. The maximum Gasteiger partial charge on any atom is 0.257 e. The molecule has 0 spiro atoms. The van der Waals surface area contributed by atoms with Crippen LogP contribution in [0.1, 0.15) is 34.1 Å². The Morgan fingerprint density at radius 1 is 1.26 bits per heavy atom. The van der Waals surface area contributed by atoms with Crippen LogP contribution in [0.25, 0.3) is 0 Å². The quantitative estimate of drug-likeness (QED) is 0.525. The molecule has 1 amide bonds. The number of carbonyl (C=O) groups is 1. The predicted octanol–water partition coefficient (Wildman–Crippen LogP) is 2.68. The van der Waals surface area contributed by atoms with E-state index in [0.717, 1.165) is 0 Å². The minimum Gasteiger partial charge on any atom is -0.482 e. The zero-order valence-electron chi connectivity index (χ0n) is 16.3. The molecule has 0 aliphatic rings. The normalized spacial score (nSPS) is 11.8. The second kappa shape index (κ2) is 11.5. The number of hydrogen-bond donors (Lipinski definition) is 1. The number of carbonyl (C=O) groups excluding carboxylic acids is 1. The van der Waals surface area contributed by atoms with Gasteiger partial charge in [0.15, 0.2) is 6.61 Å². The summed E-state index contributed by atoms with van der Waals surface area (Å²) in [7, 11) is -3.59. The van der Waals surface area contributed by atoms with E-state index in [1.54, 1.807) is 13.8 Å². The van der Waals surface area contributed by atoms with Gasteiger partial charge in [-0.05, 0) is 38.5 Å². The average molecular weight is 421 g/mol. The fraction of sp³-hybridized carbons (Fsp3) is 0.611. The minimum absolute atomic E-state index is 0.0955. The molecule has 0 atom stereocenters. The molecule has 1 aromatic rings. The molecule has 9 heteroatoms. The Labute approximate surface area is 167 Å². The first-order chi connectivity index (χ1) is 12.7. The summed E-state index contributed by atoms with van der Waals surface area (Å²) in [6.45, 7) is 9.06. The van der Waals surface area contributed by atoms with Crippen LogP contribution in [0.5, 0.6) is 5.75 Å². The van der Waals surface area contributed by atoms with Crippen LogP contribution in [0.4, 0.5) is 0 Å². The van der Waals surface area contributed by atoms with Gasteiger partial charge in [-0.3, -0.25) is 4.79 Å². The lowest BCUT2D eigenvalue weighted by atomic mass is 10.3. The van der Waals surface area contributed by atoms with Gasteiger partial charge in [-0.2, -0.15) is 4.31 Å². The molecule has 0 aliphatic carbocycles. The number of amides is 1. The molecule has 1 rings (SSSR count). The number of halogens is 1. The molecule has 154 valence electrons. The van der Waals surface area contributed by atoms with E-state index in [2.05, 4.69) is 5.32 Å². The van der Waals surface area contributed by atoms with Gasteiger partial charge in [0.2, 0.25) is 10.0 Å². The van der Waals surface area contributed by atoms with Crippen LogP contribution >= 0.6 is 11.6 Å². The first kappa shape index (κ1) is 23.7. The van der Waals surface area contributed by atoms with Crippen molar-refractivity contribution in [1.82, 2.24) is 9.62 Å². The zero-order valence-corrected chi connectivity index (χ0v) is 17.9. The van der Waals surface area contributed by atoms with Crippen molar-refractivity contribution in [3.8, 4) is 5.75 Å². The smallest absolute Gasteiger partial charge is 0.257 e. The van der Waals surface area contributed by atoms with E-state index in [4.69, 9.17) is 21.1 Å². The monoisotopic (exact) mass is 420 g/mol. The Morgan fingerprint density at radius 2 is 1.93 bits per heavy atom. The third kappa shape index (κ3) is 7.65. The third-order valence-corrected chi connectivity index (χ3v) is 6.04. The number of sulfonamides is 1. The van der Waals surface area contributed by atoms with Crippen molar-refractivity contribution in [1.29, 1.82) is 0 Å². The van der Waals surface area contributed by atoms with Crippen LogP contribution in [-0.2, 0) is 19.6 Å². The fourth-order valence-electron chi connectivity index (χ4n) is 2.29. The third-order valence-electron chi connectivity index (χ3n) is 3.70. The molecule has 0 heterocycles. The Hall–Kier alpha value is -1.35. The summed E-state index contributed by atoms with van der Waals surface area (Å²) in [6.07, 6.45) is 0.877. The van der Waals surface area contributed by atoms with Crippen LogP contribution in [0, 0.1) is 0 Å². The molecule has 0 aromatic heterocycles. The van der Waals surface area contributed by atoms with Crippen molar-refractivity contribution in [3.05, 3.63) is 23.2 Å². The molecule has 0 unspecified atom stereocenters. The Kier molecular flexibility index (Phi) is 10.1. The average Bonchev–Trinajstić information content (AvgIpc) is 2.60. The molecule has 7 nitrogen and oxygen atoms in total. The second-order valence-corrected chi connectivity index (χ2v) is 8.44. The summed E-state index contributed by atoms with van der Waals surface area (Å²) >= 11 is 6.13. The molecule has 1 N–H and O–H groups in total. The fourth-order valence-corrected chi connectivity index (χ4v) is 4.07.